The fraction of sp³-hybridized carbons (Fsp3) is 0.560. The Kier molecular flexibility index (Phi) is 5.26. The van der Waals surface area contributed by atoms with Crippen molar-refractivity contribution >= 4 is 49.3 Å². The first-order valence-corrected chi connectivity index (χ1v) is 14.6. The van der Waals surface area contributed by atoms with E-state index < -0.39 is 0 Å². The van der Waals surface area contributed by atoms with Crippen LogP contribution in [-0.2, 0) is 0 Å². The molecular weight excluding hydrogens is 477 g/mol. The van der Waals surface area contributed by atoms with Crippen molar-refractivity contribution in [1.82, 2.24) is 19.9 Å². The molecule has 4 fully saturated rings. The summed E-state index contributed by atoms with van der Waals surface area (Å²) in [5, 5.41) is 9.87. The Morgan fingerprint density at radius 3 is 2.61 bits per heavy atom. The summed E-state index contributed by atoms with van der Waals surface area (Å²) in [5.41, 5.74) is 4.34. The normalized spacial score (nSPS) is 28.4. The predicted octanol–water partition coefficient (Wildman–Crippen LogP) is 4.94. The average molecular weight is 511 g/mol. The summed E-state index contributed by atoms with van der Waals surface area (Å²) >= 11 is 0.831. The molecule has 7 nitrogen and oxygen atoms in total. The van der Waals surface area contributed by atoms with Crippen LogP contribution in [0.25, 0.3) is 11.2 Å². The molecule has 174 valence electrons. The van der Waals surface area contributed by atoms with Gasteiger partial charge in [0.25, 0.3) is 0 Å². The van der Waals surface area contributed by atoms with Gasteiger partial charge in [-0.2, -0.15) is 0 Å². The minimum Gasteiger partial charge on any atom is -0.340 e. The number of anilines is 4. The number of rotatable bonds is 5. The summed E-state index contributed by atoms with van der Waals surface area (Å²) in [7, 11) is 0. The molecule has 0 radical (unpaired) electrons. The molecule has 4 atom stereocenters. The molecular formula is C25H33N7Se. The van der Waals surface area contributed by atoms with Crippen LogP contribution in [0.3, 0.4) is 0 Å². The molecule has 2 aromatic heterocycles. The number of H-pyrrole nitrogens is 1. The fourth-order valence-electron chi connectivity index (χ4n) is 6.22. The van der Waals surface area contributed by atoms with E-state index in [-0.39, 0.29) is 0 Å². The molecule has 3 aliphatic carbocycles. The van der Waals surface area contributed by atoms with Crippen LogP contribution in [0.5, 0.6) is 0 Å². The Balaban J connectivity index is 1.21. The van der Waals surface area contributed by atoms with E-state index in [1.165, 1.54) is 42.3 Å². The van der Waals surface area contributed by atoms with E-state index >= 15 is 0 Å². The molecule has 3 aromatic rings. The Morgan fingerprint density at radius 1 is 1.09 bits per heavy atom. The molecule has 3 N–H and O–H groups in total. The summed E-state index contributed by atoms with van der Waals surface area (Å²) in [6.07, 6.45) is 4.27. The number of aromatic amines is 1. The molecule has 2 bridgehead atoms. The van der Waals surface area contributed by atoms with Crippen molar-refractivity contribution < 1.29 is 0 Å². The molecule has 1 aromatic carbocycles. The number of fused-ring (bicyclic) bond motifs is 3. The molecule has 1 aliphatic heterocycles. The number of hydrogen-bond donors (Lipinski definition) is 3. The number of nitrogens with one attached hydrogen (secondary N) is 3. The van der Waals surface area contributed by atoms with E-state index in [9.17, 15) is 0 Å². The van der Waals surface area contributed by atoms with Crippen LogP contribution >= 0.6 is 0 Å². The number of aromatic nitrogens is 4. The first kappa shape index (κ1) is 21.2. The standard InChI is InChI=1S/C25H33N7Se/c1-15-19-12-16(25(19,2)3)13-20(15)29-23-21-22(27-14-26-21)30-24(31-23)28-17-4-6-18(7-5-17)32-8-10-33-11-9-32/h4-7,14-16,19-20H,8-13H2,1-3H3,(H3,26,27,28,29,30,31)/t15-,16+,19-,20-/m1/s1. The van der Waals surface area contributed by atoms with Crippen molar-refractivity contribution in [2.75, 3.05) is 28.6 Å². The topological polar surface area (TPSA) is 81.8 Å². The Bertz CT molecular complexity index is 1140. The van der Waals surface area contributed by atoms with E-state index in [0.717, 1.165) is 43.8 Å². The Hall–Kier alpha value is -2.31. The number of imidazole rings is 1. The first-order valence-electron chi connectivity index (χ1n) is 12.2. The van der Waals surface area contributed by atoms with Gasteiger partial charge in [0.1, 0.15) is 0 Å². The van der Waals surface area contributed by atoms with Crippen LogP contribution in [0.15, 0.2) is 30.6 Å². The number of hydrogen-bond acceptors (Lipinski definition) is 6. The van der Waals surface area contributed by atoms with Crippen LogP contribution in [0, 0.1) is 23.2 Å². The molecule has 33 heavy (non-hydrogen) atoms. The summed E-state index contributed by atoms with van der Waals surface area (Å²) in [4.78, 5) is 19.7. The molecule has 3 saturated carbocycles. The van der Waals surface area contributed by atoms with Gasteiger partial charge in [-0.05, 0) is 36.0 Å². The summed E-state index contributed by atoms with van der Waals surface area (Å²) in [5.74, 6) is 3.64. The number of nitrogens with zero attached hydrogens (tertiary/aromatic N) is 4. The molecule has 3 heterocycles. The van der Waals surface area contributed by atoms with Crippen LogP contribution in [-0.4, -0.2) is 54.0 Å². The zero-order valence-corrected chi connectivity index (χ0v) is 21.3. The van der Waals surface area contributed by atoms with Gasteiger partial charge in [-0.3, -0.25) is 0 Å². The molecule has 4 aliphatic rings. The van der Waals surface area contributed by atoms with E-state index in [4.69, 9.17) is 4.98 Å². The van der Waals surface area contributed by atoms with Gasteiger partial charge in [-0.15, -0.1) is 0 Å². The number of benzene rings is 1. The van der Waals surface area contributed by atoms with E-state index in [1.54, 1.807) is 6.33 Å². The maximum atomic E-state index is 4.87. The predicted molar refractivity (Wildman–Crippen MR) is 136 cm³/mol. The van der Waals surface area contributed by atoms with Gasteiger partial charge in [0, 0.05) is 6.04 Å². The Labute approximate surface area is 201 Å². The second kappa shape index (κ2) is 8.17. The molecule has 7 rings (SSSR count). The third kappa shape index (κ3) is 3.77. The van der Waals surface area contributed by atoms with E-state index in [1.807, 2.05) is 0 Å². The van der Waals surface area contributed by atoms with Crippen LogP contribution < -0.4 is 15.5 Å². The Morgan fingerprint density at radius 2 is 1.88 bits per heavy atom. The van der Waals surface area contributed by atoms with Gasteiger partial charge in [-0.1, -0.05) is 20.8 Å². The van der Waals surface area contributed by atoms with Crippen molar-refractivity contribution in [3.8, 4) is 0 Å². The van der Waals surface area contributed by atoms with Crippen molar-refractivity contribution in [2.45, 2.75) is 50.3 Å². The average Bonchev–Trinajstić information content (AvgIpc) is 3.30. The van der Waals surface area contributed by atoms with Gasteiger partial charge in [0.2, 0.25) is 0 Å². The molecule has 8 heteroatoms. The van der Waals surface area contributed by atoms with Gasteiger partial charge >= 0.3 is 128 Å². The minimum atomic E-state index is 0.432. The van der Waals surface area contributed by atoms with E-state index in [2.05, 4.69) is 75.5 Å². The summed E-state index contributed by atoms with van der Waals surface area (Å²) in [6, 6.07) is 9.08. The zero-order chi connectivity index (χ0) is 22.6. The molecule has 1 saturated heterocycles. The van der Waals surface area contributed by atoms with Crippen molar-refractivity contribution in [2.24, 2.45) is 23.2 Å². The third-order valence-electron chi connectivity index (χ3n) is 8.46. The van der Waals surface area contributed by atoms with Crippen molar-refractivity contribution in [3.63, 3.8) is 0 Å². The van der Waals surface area contributed by atoms with Crippen molar-refractivity contribution in [3.05, 3.63) is 30.6 Å². The monoisotopic (exact) mass is 511 g/mol. The quantitative estimate of drug-likeness (QED) is 0.422. The van der Waals surface area contributed by atoms with E-state index in [0.29, 0.717) is 29.0 Å². The van der Waals surface area contributed by atoms with Gasteiger partial charge in [-0.25, -0.2) is 0 Å². The second-order valence-electron chi connectivity index (χ2n) is 10.5. The third-order valence-corrected chi connectivity index (χ3v) is 10.4. The summed E-state index contributed by atoms with van der Waals surface area (Å²) < 4.78 is 0. The van der Waals surface area contributed by atoms with Crippen LogP contribution in [0.1, 0.15) is 33.6 Å². The zero-order valence-electron chi connectivity index (χ0n) is 19.6. The first-order chi connectivity index (χ1) is 16.0. The molecule has 0 amide bonds. The van der Waals surface area contributed by atoms with Crippen LogP contribution in [0.2, 0.25) is 10.6 Å². The molecule has 0 unspecified atom stereocenters. The SMILES string of the molecule is C[C@@H]1[C@H]2C[C@@H](C[C@H]1Nc1nc(Nc3ccc(N4CC[Se]CC4)cc3)nc3nc[nH]c13)C2(C)C. The van der Waals surface area contributed by atoms with Crippen molar-refractivity contribution in [1.29, 1.82) is 0 Å². The maximum absolute atomic E-state index is 4.87. The van der Waals surface area contributed by atoms with Gasteiger partial charge in [0.05, 0.1) is 6.33 Å². The smallest absolute Gasteiger partial charge is 0.340 e. The summed E-state index contributed by atoms with van der Waals surface area (Å²) in [6.45, 7) is 9.64. The minimum absolute atomic E-state index is 0.432. The second-order valence-corrected chi connectivity index (χ2v) is 13.0. The van der Waals surface area contributed by atoms with Gasteiger partial charge in [0.15, 0.2) is 0 Å². The molecule has 0 spiro atoms. The fourth-order valence-corrected chi connectivity index (χ4v) is 8.11. The van der Waals surface area contributed by atoms with Crippen LogP contribution in [0.4, 0.5) is 23.1 Å². The van der Waals surface area contributed by atoms with Gasteiger partial charge < -0.3 is 4.98 Å².